The number of hydrogen-bond acceptors (Lipinski definition) is 9. The standard InChI is InChI=1S/C17H21FN6OS2/c1-9-12(18)13(16(2,3)25)22-15(21-9)24-6-10-7-26-14(19)23-17(10,8-24)11-4-5-20-27-11/h4-5,10,25H,6-8H2,1-3H3,(H2,19,23)/t10-,17?/m0/s1. The number of amidine groups is 1. The van der Waals surface area contributed by atoms with E-state index in [1.165, 1.54) is 25.4 Å². The third-order valence-corrected chi connectivity index (χ3v) is 6.89. The van der Waals surface area contributed by atoms with Crippen LogP contribution in [0.25, 0.3) is 0 Å². The van der Waals surface area contributed by atoms with Crippen molar-refractivity contribution in [3.63, 3.8) is 0 Å². The van der Waals surface area contributed by atoms with Crippen molar-refractivity contribution < 1.29 is 9.50 Å². The molecule has 3 N–H and O–H groups in total. The van der Waals surface area contributed by atoms with Crippen LogP contribution in [0.1, 0.15) is 30.1 Å². The zero-order chi connectivity index (χ0) is 19.4. The van der Waals surface area contributed by atoms with E-state index < -0.39 is 17.0 Å². The Morgan fingerprint density at radius 2 is 2.19 bits per heavy atom. The van der Waals surface area contributed by atoms with Gasteiger partial charge in [-0.25, -0.2) is 23.7 Å². The van der Waals surface area contributed by atoms with Gasteiger partial charge in [0.1, 0.15) is 16.8 Å². The molecule has 4 heterocycles. The average molecular weight is 409 g/mol. The van der Waals surface area contributed by atoms with Gasteiger partial charge in [-0.05, 0) is 38.4 Å². The van der Waals surface area contributed by atoms with Crippen LogP contribution in [0.15, 0.2) is 17.3 Å². The van der Waals surface area contributed by atoms with Crippen LogP contribution in [-0.2, 0) is 11.1 Å². The quantitative estimate of drug-likeness (QED) is 0.801. The number of nitrogens with zero attached hydrogens (tertiary/aromatic N) is 5. The molecule has 0 amide bonds. The predicted octanol–water partition coefficient (Wildman–Crippen LogP) is 2.00. The van der Waals surface area contributed by atoms with E-state index in [0.717, 1.165) is 10.6 Å². The highest BCUT2D eigenvalue weighted by Crippen LogP contribution is 2.47. The van der Waals surface area contributed by atoms with E-state index in [1.54, 1.807) is 24.9 Å². The molecule has 0 aliphatic carbocycles. The number of hydrogen-bond donors (Lipinski definition) is 2. The van der Waals surface area contributed by atoms with Gasteiger partial charge in [0.25, 0.3) is 0 Å². The maximum Gasteiger partial charge on any atom is 0.226 e. The Bertz CT molecular complexity index is 898. The Balaban J connectivity index is 1.77. The molecule has 0 aromatic carbocycles. The zero-order valence-electron chi connectivity index (χ0n) is 15.3. The zero-order valence-corrected chi connectivity index (χ0v) is 16.9. The molecule has 7 nitrogen and oxygen atoms in total. The van der Waals surface area contributed by atoms with Gasteiger partial charge >= 0.3 is 0 Å². The molecule has 0 spiro atoms. The van der Waals surface area contributed by atoms with Crippen LogP contribution < -0.4 is 10.6 Å². The number of anilines is 1. The summed E-state index contributed by atoms with van der Waals surface area (Å²) in [7, 11) is 0. The summed E-state index contributed by atoms with van der Waals surface area (Å²) < 4.78 is 18.7. The number of fused-ring (bicyclic) bond motifs is 1. The lowest BCUT2D eigenvalue weighted by molar-refractivity contribution is 0.0691. The third-order valence-electron chi connectivity index (χ3n) is 5.02. The van der Waals surface area contributed by atoms with Crippen molar-refractivity contribution in [1.82, 2.24) is 14.3 Å². The molecular weight excluding hydrogens is 387 g/mol. The van der Waals surface area contributed by atoms with Crippen molar-refractivity contribution in [2.75, 3.05) is 23.7 Å². The van der Waals surface area contributed by atoms with Gasteiger partial charge < -0.3 is 15.7 Å². The van der Waals surface area contributed by atoms with Crippen molar-refractivity contribution in [2.24, 2.45) is 16.6 Å². The lowest BCUT2D eigenvalue weighted by Crippen LogP contribution is -2.39. The minimum atomic E-state index is -1.40. The summed E-state index contributed by atoms with van der Waals surface area (Å²) in [5, 5.41) is 10.9. The lowest BCUT2D eigenvalue weighted by atomic mass is 9.87. The summed E-state index contributed by atoms with van der Waals surface area (Å²) in [5.41, 5.74) is 4.39. The number of halogens is 1. The van der Waals surface area contributed by atoms with Crippen LogP contribution in [0.4, 0.5) is 10.3 Å². The molecule has 4 rings (SSSR count). The normalized spacial score (nSPS) is 25.4. The summed E-state index contributed by atoms with van der Waals surface area (Å²) in [4.78, 5) is 16.6. The Hall–Kier alpha value is -1.78. The number of rotatable bonds is 3. The molecule has 1 unspecified atom stereocenters. The number of thioether (sulfide) groups is 1. The summed E-state index contributed by atoms with van der Waals surface area (Å²) >= 11 is 2.96. The first-order valence-electron chi connectivity index (χ1n) is 8.62. The highest BCUT2D eigenvalue weighted by molar-refractivity contribution is 8.13. The van der Waals surface area contributed by atoms with Gasteiger partial charge in [0.15, 0.2) is 11.0 Å². The fourth-order valence-electron chi connectivity index (χ4n) is 3.65. The van der Waals surface area contributed by atoms with E-state index in [1.807, 2.05) is 11.0 Å². The van der Waals surface area contributed by atoms with E-state index in [9.17, 15) is 9.50 Å². The number of aliphatic hydroxyl groups is 1. The van der Waals surface area contributed by atoms with Crippen molar-refractivity contribution in [2.45, 2.75) is 31.9 Å². The highest BCUT2D eigenvalue weighted by Gasteiger charge is 2.52. The molecular formula is C17H21FN6OS2. The molecule has 1 fully saturated rings. The van der Waals surface area contributed by atoms with E-state index in [4.69, 9.17) is 10.7 Å². The molecule has 2 aromatic heterocycles. The third kappa shape index (κ3) is 3.09. The van der Waals surface area contributed by atoms with Gasteiger partial charge in [-0.3, -0.25) is 0 Å². The van der Waals surface area contributed by atoms with Crippen molar-refractivity contribution in [1.29, 1.82) is 0 Å². The molecule has 2 atom stereocenters. The van der Waals surface area contributed by atoms with E-state index in [2.05, 4.69) is 14.3 Å². The average Bonchev–Trinajstić information content (AvgIpc) is 3.23. The number of aliphatic imine (C=N–C) groups is 1. The fraction of sp³-hybridized carbons (Fsp3) is 0.529. The van der Waals surface area contributed by atoms with Crippen LogP contribution in [-0.4, -0.2) is 43.5 Å². The van der Waals surface area contributed by atoms with Crippen LogP contribution in [0, 0.1) is 18.7 Å². The molecule has 0 bridgehead atoms. The molecule has 2 aromatic rings. The first-order chi connectivity index (χ1) is 12.7. The van der Waals surface area contributed by atoms with Gasteiger partial charge in [-0.2, -0.15) is 0 Å². The van der Waals surface area contributed by atoms with E-state index >= 15 is 0 Å². The second-order valence-corrected chi connectivity index (χ2v) is 9.34. The molecule has 0 saturated carbocycles. The maximum absolute atomic E-state index is 14.5. The first kappa shape index (κ1) is 18.6. The van der Waals surface area contributed by atoms with E-state index in [0.29, 0.717) is 24.2 Å². The predicted molar refractivity (Wildman–Crippen MR) is 106 cm³/mol. The monoisotopic (exact) mass is 408 g/mol. The molecule has 1 saturated heterocycles. The van der Waals surface area contributed by atoms with Crippen LogP contribution >= 0.6 is 23.3 Å². The minimum absolute atomic E-state index is 0.00380. The molecule has 2 aliphatic heterocycles. The van der Waals surface area contributed by atoms with E-state index in [-0.39, 0.29) is 17.3 Å². The Morgan fingerprint density at radius 3 is 2.85 bits per heavy atom. The first-order valence-corrected chi connectivity index (χ1v) is 10.4. The number of aryl methyl sites for hydroxylation is 1. The minimum Gasteiger partial charge on any atom is -0.384 e. The second-order valence-electron chi connectivity index (χ2n) is 7.47. The van der Waals surface area contributed by atoms with Gasteiger partial charge in [-0.1, -0.05) is 11.8 Å². The van der Waals surface area contributed by atoms with Crippen LogP contribution in [0.2, 0.25) is 0 Å². The molecule has 144 valence electrons. The van der Waals surface area contributed by atoms with Crippen molar-refractivity contribution >= 4 is 34.4 Å². The van der Waals surface area contributed by atoms with Crippen LogP contribution in [0.5, 0.6) is 0 Å². The summed E-state index contributed by atoms with van der Waals surface area (Å²) in [6.45, 7) is 5.84. The topological polar surface area (TPSA) is 101 Å². The highest BCUT2D eigenvalue weighted by atomic mass is 32.2. The van der Waals surface area contributed by atoms with Gasteiger partial charge in [0.2, 0.25) is 5.95 Å². The maximum atomic E-state index is 14.5. The van der Waals surface area contributed by atoms with Crippen molar-refractivity contribution in [3.8, 4) is 0 Å². The summed E-state index contributed by atoms with van der Waals surface area (Å²) in [5.74, 6) is 0.887. The SMILES string of the molecule is Cc1nc(N2C[C@H]3CSC(N)=NC3(c3ccns3)C2)nc(C(C)(C)O)c1F. The smallest absolute Gasteiger partial charge is 0.226 e. The molecule has 2 aliphatic rings. The van der Waals surface area contributed by atoms with Gasteiger partial charge in [-0.15, -0.1) is 0 Å². The van der Waals surface area contributed by atoms with Gasteiger partial charge in [0.05, 0.1) is 17.1 Å². The summed E-state index contributed by atoms with van der Waals surface area (Å²) in [6.07, 6.45) is 1.77. The second kappa shape index (κ2) is 6.39. The Morgan fingerprint density at radius 1 is 1.41 bits per heavy atom. The van der Waals surface area contributed by atoms with Crippen molar-refractivity contribution in [3.05, 3.63) is 34.3 Å². The Kier molecular flexibility index (Phi) is 4.39. The Labute approximate surface area is 165 Å². The fourth-order valence-corrected chi connectivity index (χ4v) is 5.42. The molecule has 27 heavy (non-hydrogen) atoms. The number of nitrogens with two attached hydrogens (primary N) is 1. The largest absolute Gasteiger partial charge is 0.384 e. The van der Waals surface area contributed by atoms with Gasteiger partial charge in [0, 0.05) is 24.4 Å². The number of aromatic nitrogens is 3. The molecule has 10 heteroatoms. The molecule has 0 radical (unpaired) electrons. The van der Waals surface area contributed by atoms with Crippen LogP contribution in [0.3, 0.4) is 0 Å². The lowest BCUT2D eigenvalue weighted by Gasteiger charge is -2.32. The summed E-state index contributed by atoms with van der Waals surface area (Å²) in [6, 6.07) is 1.98.